The molecule has 0 aromatic rings. The zero-order valence-corrected chi connectivity index (χ0v) is 56.3. The minimum atomic E-state index is -4.47. The molecular formula is C73H136N2O7P+. The van der Waals surface area contributed by atoms with E-state index in [1.54, 1.807) is 0 Å². The van der Waals surface area contributed by atoms with Crippen LogP contribution in [0.1, 0.15) is 329 Å². The van der Waals surface area contributed by atoms with Crippen LogP contribution in [0, 0.1) is 0 Å². The number of allylic oxidation sites excluding steroid dienone is 11. The third-order valence-electron chi connectivity index (χ3n) is 15.7. The number of esters is 1. The lowest BCUT2D eigenvalue weighted by molar-refractivity contribution is -0.870. The van der Waals surface area contributed by atoms with Gasteiger partial charge >= 0.3 is 13.8 Å². The average Bonchev–Trinajstić information content (AvgIpc) is 3.47. The highest BCUT2D eigenvalue weighted by Gasteiger charge is 2.30. The molecule has 0 saturated carbocycles. The van der Waals surface area contributed by atoms with Crippen molar-refractivity contribution in [3.8, 4) is 0 Å². The van der Waals surface area contributed by atoms with Crippen LogP contribution in [0.5, 0.6) is 0 Å². The Balaban J connectivity index is 5.08. The van der Waals surface area contributed by atoms with Crippen LogP contribution in [-0.2, 0) is 27.9 Å². The Morgan fingerprint density at radius 2 is 0.783 bits per heavy atom. The van der Waals surface area contributed by atoms with Crippen molar-refractivity contribution in [1.29, 1.82) is 0 Å². The molecule has 10 heteroatoms. The van der Waals surface area contributed by atoms with Crippen molar-refractivity contribution in [1.82, 2.24) is 5.32 Å². The third kappa shape index (κ3) is 63.8. The van der Waals surface area contributed by atoms with Crippen LogP contribution in [0.3, 0.4) is 0 Å². The van der Waals surface area contributed by atoms with Crippen LogP contribution in [-0.4, -0.2) is 74.3 Å². The first-order valence-electron chi connectivity index (χ1n) is 35.3. The molecule has 0 aromatic carbocycles. The Labute approximate surface area is 514 Å². The normalized spacial score (nSPS) is 14.0. The molecule has 0 rings (SSSR count). The molecule has 0 aliphatic rings. The van der Waals surface area contributed by atoms with E-state index >= 15 is 0 Å². The first kappa shape index (κ1) is 80.5. The summed E-state index contributed by atoms with van der Waals surface area (Å²) in [6.45, 7) is 6.90. The van der Waals surface area contributed by atoms with Gasteiger partial charge in [-0.2, -0.15) is 0 Å². The predicted octanol–water partition coefficient (Wildman–Crippen LogP) is 22.3. The van der Waals surface area contributed by atoms with E-state index in [1.165, 1.54) is 212 Å². The van der Waals surface area contributed by atoms with Gasteiger partial charge in [0.1, 0.15) is 19.3 Å². The maximum atomic E-state index is 13.6. The molecule has 9 nitrogen and oxygen atoms in total. The lowest BCUT2D eigenvalue weighted by atomic mass is 10.0. The number of hydrogen-bond donors (Lipinski definition) is 2. The van der Waals surface area contributed by atoms with Gasteiger partial charge in [-0.3, -0.25) is 18.6 Å². The first-order chi connectivity index (χ1) is 40.4. The number of hydrogen-bond acceptors (Lipinski definition) is 6. The standard InChI is InChI=1S/C73H135N2O7P/c1-7-10-13-16-19-22-25-28-30-32-33-34-35-36-37-38-39-40-41-43-44-47-50-53-56-59-62-65-72(76)74-70(69-81-83(78,79)80-68-67-75(4,5)6)71(64-61-58-55-52-49-46-27-24-21-18-15-12-9-3)82-73(77)66-63-60-57-54-51-48-45-42-31-29-26-23-20-17-14-11-8-2/h11,14,20,23,29,31,45,48,54,57,61,64,70-71H,7-10,12-13,15-19,21-22,24-28,30,32-44,46-47,49-53,55-56,58-60,62-63,65-69H2,1-6H3,(H-,74,76,78,79)/p+1/b14-11-,23-20-,31-29-,48-45-,57-54-,64-61-. The topological polar surface area (TPSA) is 111 Å². The number of carbonyl (C=O) groups excluding carboxylic acids is 2. The van der Waals surface area contributed by atoms with E-state index in [1.807, 2.05) is 33.3 Å². The van der Waals surface area contributed by atoms with Gasteiger partial charge in [0.2, 0.25) is 5.91 Å². The Morgan fingerprint density at radius 1 is 0.434 bits per heavy atom. The summed E-state index contributed by atoms with van der Waals surface area (Å²) >= 11 is 0. The zero-order valence-electron chi connectivity index (χ0n) is 55.4. The highest BCUT2D eigenvalue weighted by atomic mass is 31.2. The fraction of sp³-hybridized carbons (Fsp3) is 0.808. The molecule has 484 valence electrons. The number of quaternary nitrogens is 1. The van der Waals surface area contributed by atoms with Crippen molar-refractivity contribution < 1.29 is 37.3 Å². The summed E-state index contributed by atoms with van der Waals surface area (Å²) in [4.78, 5) is 37.8. The minimum absolute atomic E-state index is 0.0309. The summed E-state index contributed by atoms with van der Waals surface area (Å²) in [7, 11) is 1.47. The van der Waals surface area contributed by atoms with Crippen LogP contribution >= 0.6 is 7.82 Å². The second-order valence-corrected chi connectivity index (χ2v) is 26.5. The van der Waals surface area contributed by atoms with Crippen molar-refractivity contribution >= 4 is 19.7 Å². The van der Waals surface area contributed by atoms with Crippen LogP contribution in [0.4, 0.5) is 0 Å². The summed E-state index contributed by atoms with van der Waals surface area (Å²) in [6.07, 6.45) is 82.2. The summed E-state index contributed by atoms with van der Waals surface area (Å²) < 4.78 is 30.8. The van der Waals surface area contributed by atoms with E-state index in [4.69, 9.17) is 13.8 Å². The maximum absolute atomic E-state index is 13.6. The molecule has 0 radical (unpaired) electrons. The summed E-state index contributed by atoms with van der Waals surface area (Å²) in [6, 6.07) is -0.873. The van der Waals surface area contributed by atoms with Crippen molar-refractivity contribution in [3.63, 3.8) is 0 Å². The van der Waals surface area contributed by atoms with E-state index in [0.717, 1.165) is 77.0 Å². The largest absolute Gasteiger partial charge is 0.472 e. The molecule has 0 heterocycles. The Morgan fingerprint density at radius 3 is 1.17 bits per heavy atom. The van der Waals surface area contributed by atoms with Crippen LogP contribution in [0.25, 0.3) is 0 Å². The summed E-state index contributed by atoms with van der Waals surface area (Å²) in [5.41, 5.74) is 0. The smallest absolute Gasteiger partial charge is 0.456 e. The van der Waals surface area contributed by atoms with Crippen molar-refractivity contribution in [3.05, 3.63) is 72.9 Å². The molecule has 83 heavy (non-hydrogen) atoms. The van der Waals surface area contributed by atoms with Crippen LogP contribution in [0.15, 0.2) is 72.9 Å². The monoisotopic (exact) mass is 1180 g/mol. The number of nitrogens with one attached hydrogen (secondary N) is 1. The van der Waals surface area contributed by atoms with Gasteiger partial charge in [-0.05, 0) is 70.3 Å². The van der Waals surface area contributed by atoms with Gasteiger partial charge < -0.3 is 19.4 Å². The van der Waals surface area contributed by atoms with Gasteiger partial charge in [-0.25, -0.2) is 4.57 Å². The number of carbonyl (C=O) groups is 2. The second kappa shape index (κ2) is 62.5. The van der Waals surface area contributed by atoms with Gasteiger partial charge in [-0.1, -0.05) is 319 Å². The lowest BCUT2D eigenvalue weighted by Gasteiger charge is -2.27. The molecule has 2 N–H and O–H groups in total. The molecule has 3 atom stereocenters. The average molecular weight is 1180 g/mol. The number of likely N-dealkylation sites (N-methyl/N-ethyl adjacent to an activating group) is 1. The lowest BCUT2D eigenvalue weighted by Crippen LogP contribution is -2.47. The van der Waals surface area contributed by atoms with Gasteiger partial charge in [0.25, 0.3) is 0 Å². The molecule has 3 unspecified atom stereocenters. The first-order valence-corrected chi connectivity index (χ1v) is 36.8. The molecule has 0 fully saturated rings. The number of unbranched alkanes of at least 4 members (excludes halogenated alkanes) is 38. The third-order valence-corrected chi connectivity index (χ3v) is 16.6. The number of ether oxygens (including phenoxy) is 1. The molecule has 0 saturated heterocycles. The van der Waals surface area contributed by atoms with E-state index in [2.05, 4.69) is 86.8 Å². The molecule has 0 aliphatic heterocycles. The quantitative estimate of drug-likeness (QED) is 0.0205. The number of rotatable bonds is 64. The van der Waals surface area contributed by atoms with Gasteiger partial charge in [-0.15, -0.1) is 0 Å². The molecule has 0 aromatic heterocycles. The fourth-order valence-corrected chi connectivity index (χ4v) is 11.0. The zero-order chi connectivity index (χ0) is 60.7. The van der Waals surface area contributed by atoms with Crippen LogP contribution in [0.2, 0.25) is 0 Å². The Kier molecular flexibility index (Phi) is 60.6. The number of phosphoric ester groups is 1. The van der Waals surface area contributed by atoms with E-state index in [0.29, 0.717) is 23.9 Å². The fourth-order valence-electron chi connectivity index (χ4n) is 10.3. The molecular weight excluding hydrogens is 1050 g/mol. The maximum Gasteiger partial charge on any atom is 0.472 e. The SMILES string of the molecule is CC/C=C\C/C=C\C/C=C\C/C=C\C/C=C\CCCC(=O)OC(/C=C\CCCCCCCCCCCCC)C(COP(=O)(O)OCC[N+](C)(C)C)NC(=O)CCCCCCCCCCCCCCCCCCCCCCCCCCCCC. The summed E-state index contributed by atoms with van der Waals surface area (Å²) in [5, 5.41) is 3.06. The van der Waals surface area contributed by atoms with Gasteiger partial charge in [0.05, 0.1) is 33.8 Å². The molecule has 1 amide bonds. The molecule has 0 spiro atoms. The summed E-state index contributed by atoms with van der Waals surface area (Å²) in [5.74, 6) is -0.562. The Bertz CT molecular complexity index is 1650. The minimum Gasteiger partial charge on any atom is -0.456 e. The Hall–Kier alpha value is -2.55. The highest BCUT2D eigenvalue weighted by molar-refractivity contribution is 7.47. The van der Waals surface area contributed by atoms with E-state index in [-0.39, 0.29) is 31.5 Å². The number of nitrogens with zero attached hydrogens (tertiary/aromatic N) is 1. The highest BCUT2D eigenvalue weighted by Crippen LogP contribution is 2.43. The number of amides is 1. The molecule has 0 aliphatic carbocycles. The van der Waals surface area contributed by atoms with Gasteiger partial charge in [0.15, 0.2) is 0 Å². The van der Waals surface area contributed by atoms with Gasteiger partial charge in [0, 0.05) is 12.8 Å². The number of phosphoric acid groups is 1. The van der Waals surface area contributed by atoms with Crippen molar-refractivity contribution in [2.75, 3.05) is 40.9 Å². The van der Waals surface area contributed by atoms with Crippen LogP contribution < -0.4 is 5.32 Å². The molecule has 0 bridgehead atoms. The van der Waals surface area contributed by atoms with Crippen molar-refractivity contribution in [2.24, 2.45) is 0 Å². The predicted molar refractivity (Wildman–Crippen MR) is 360 cm³/mol. The second-order valence-electron chi connectivity index (χ2n) is 25.0. The van der Waals surface area contributed by atoms with E-state index in [9.17, 15) is 19.0 Å². The van der Waals surface area contributed by atoms with E-state index < -0.39 is 20.0 Å². The van der Waals surface area contributed by atoms with Crippen molar-refractivity contribution in [2.45, 2.75) is 341 Å².